The lowest BCUT2D eigenvalue weighted by Crippen LogP contribution is -2.23. The Morgan fingerprint density at radius 2 is 1.91 bits per heavy atom. The van der Waals surface area contributed by atoms with E-state index in [-0.39, 0.29) is 5.91 Å². The summed E-state index contributed by atoms with van der Waals surface area (Å²) in [6, 6.07) is 13.0. The molecule has 2 aromatic carbocycles. The van der Waals surface area contributed by atoms with Crippen LogP contribution in [0.1, 0.15) is 29.2 Å². The number of nitrogens with one attached hydrogen (secondary N) is 2. The number of amides is 1. The zero-order chi connectivity index (χ0) is 24.9. The number of fused-ring (bicyclic) bond motifs is 1. The molecule has 4 aromatic rings. The molecule has 0 aliphatic heterocycles. The van der Waals surface area contributed by atoms with Gasteiger partial charge in [-0.3, -0.25) is 4.79 Å². The van der Waals surface area contributed by atoms with Gasteiger partial charge in [-0.1, -0.05) is 0 Å². The van der Waals surface area contributed by atoms with Crippen molar-refractivity contribution in [2.24, 2.45) is 0 Å². The van der Waals surface area contributed by atoms with Crippen molar-refractivity contribution in [2.45, 2.75) is 20.8 Å². The standard InChI is InChI=1S/C26H25N7O2/c1-5-33(4)21(34)11-8-19-12-16(2)23(17(3)13-19)35-25-22-24(29-15-28-22)31-26(32-25)30-20-9-6-18(14-27)7-10-20/h6-13,15H,5H2,1-4H3,(H2,28,29,30,31,32)/b11-8+. The summed E-state index contributed by atoms with van der Waals surface area (Å²) in [6.07, 6.45) is 4.91. The number of hydrogen-bond acceptors (Lipinski definition) is 7. The summed E-state index contributed by atoms with van der Waals surface area (Å²) < 4.78 is 6.26. The van der Waals surface area contributed by atoms with Crippen LogP contribution in [0.15, 0.2) is 48.8 Å². The number of ether oxygens (including phenoxy) is 1. The Bertz CT molecular complexity index is 1430. The molecule has 0 radical (unpaired) electrons. The Morgan fingerprint density at radius 3 is 2.57 bits per heavy atom. The van der Waals surface area contributed by atoms with Crippen molar-refractivity contribution in [3.8, 4) is 17.7 Å². The molecule has 0 aliphatic carbocycles. The SMILES string of the molecule is CCN(C)C(=O)/C=C/c1cc(C)c(Oc2nc(Nc3ccc(C#N)cc3)nc3nc[nH]c23)c(C)c1. The average Bonchev–Trinajstić information content (AvgIpc) is 3.33. The lowest BCUT2D eigenvalue weighted by Gasteiger charge is -2.14. The van der Waals surface area contributed by atoms with E-state index >= 15 is 0 Å². The van der Waals surface area contributed by atoms with Crippen LogP contribution in [0.4, 0.5) is 11.6 Å². The van der Waals surface area contributed by atoms with Gasteiger partial charge in [-0.25, -0.2) is 4.98 Å². The fourth-order valence-corrected chi connectivity index (χ4v) is 3.48. The van der Waals surface area contributed by atoms with Gasteiger partial charge in [0.15, 0.2) is 5.65 Å². The maximum Gasteiger partial charge on any atom is 0.250 e. The summed E-state index contributed by atoms with van der Waals surface area (Å²) >= 11 is 0. The van der Waals surface area contributed by atoms with E-state index in [1.807, 2.05) is 32.9 Å². The molecule has 0 unspecified atom stereocenters. The smallest absolute Gasteiger partial charge is 0.250 e. The molecule has 0 saturated heterocycles. The quantitative estimate of drug-likeness (QED) is 0.372. The number of H-pyrrole nitrogens is 1. The van der Waals surface area contributed by atoms with Gasteiger partial charge < -0.3 is 19.9 Å². The summed E-state index contributed by atoms with van der Waals surface area (Å²) in [5, 5.41) is 12.1. The van der Waals surface area contributed by atoms with Crippen molar-refractivity contribution >= 4 is 34.8 Å². The topological polar surface area (TPSA) is 120 Å². The highest BCUT2D eigenvalue weighted by Crippen LogP contribution is 2.33. The second-order valence-electron chi connectivity index (χ2n) is 8.04. The van der Waals surface area contributed by atoms with Gasteiger partial charge in [0.05, 0.1) is 18.0 Å². The molecule has 0 saturated carbocycles. The van der Waals surface area contributed by atoms with Gasteiger partial charge in [0.25, 0.3) is 5.88 Å². The van der Waals surface area contributed by atoms with Gasteiger partial charge >= 0.3 is 0 Å². The summed E-state index contributed by atoms with van der Waals surface area (Å²) in [5.74, 6) is 1.27. The third kappa shape index (κ3) is 5.28. The number of carbonyl (C=O) groups is 1. The molecule has 2 N–H and O–H groups in total. The Hall–Kier alpha value is -4.71. The fourth-order valence-electron chi connectivity index (χ4n) is 3.48. The van der Waals surface area contributed by atoms with E-state index in [9.17, 15) is 4.79 Å². The summed E-state index contributed by atoms with van der Waals surface area (Å²) in [6.45, 7) is 6.47. The highest BCUT2D eigenvalue weighted by Gasteiger charge is 2.15. The molecule has 0 bridgehead atoms. The number of likely N-dealkylation sites (N-methyl/N-ethyl adjacent to an activating group) is 1. The number of aryl methyl sites for hydroxylation is 2. The van der Waals surface area contributed by atoms with Gasteiger partial charge in [0.1, 0.15) is 11.3 Å². The van der Waals surface area contributed by atoms with Crippen LogP contribution in [0, 0.1) is 25.2 Å². The molecule has 9 nitrogen and oxygen atoms in total. The summed E-state index contributed by atoms with van der Waals surface area (Å²) in [7, 11) is 1.77. The maximum absolute atomic E-state index is 12.1. The van der Waals surface area contributed by atoms with Crippen LogP contribution in [0.25, 0.3) is 17.2 Å². The molecular formula is C26H25N7O2. The highest BCUT2D eigenvalue weighted by atomic mass is 16.5. The lowest BCUT2D eigenvalue weighted by atomic mass is 10.1. The molecule has 0 spiro atoms. The van der Waals surface area contributed by atoms with Crippen LogP contribution in [0.5, 0.6) is 11.6 Å². The van der Waals surface area contributed by atoms with Crippen molar-refractivity contribution < 1.29 is 9.53 Å². The first-order valence-electron chi connectivity index (χ1n) is 11.1. The summed E-state index contributed by atoms with van der Waals surface area (Å²) in [5.41, 5.74) is 5.03. The zero-order valence-corrected chi connectivity index (χ0v) is 20.0. The molecule has 2 aromatic heterocycles. The number of hydrogen-bond donors (Lipinski definition) is 2. The first-order chi connectivity index (χ1) is 16.9. The molecular weight excluding hydrogens is 442 g/mol. The highest BCUT2D eigenvalue weighted by molar-refractivity contribution is 5.91. The Balaban J connectivity index is 1.62. The predicted octanol–water partition coefficient (Wildman–Crippen LogP) is 4.87. The van der Waals surface area contributed by atoms with Crippen molar-refractivity contribution in [1.29, 1.82) is 5.26 Å². The third-order valence-electron chi connectivity index (χ3n) is 5.47. The molecule has 0 atom stereocenters. The van der Waals surface area contributed by atoms with Gasteiger partial charge in [-0.15, -0.1) is 0 Å². The normalized spacial score (nSPS) is 10.9. The van der Waals surface area contributed by atoms with Gasteiger partial charge in [0, 0.05) is 25.4 Å². The molecule has 4 rings (SSSR count). The fraction of sp³-hybridized carbons (Fsp3) is 0.192. The van der Waals surface area contributed by atoms with Crippen molar-refractivity contribution in [3.05, 3.63) is 71.1 Å². The number of rotatable bonds is 7. The van der Waals surface area contributed by atoms with E-state index in [2.05, 4.69) is 31.3 Å². The molecule has 176 valence electrons. The lowest BCUT2D eigenvalue weighted by molar-refractivity contribution is -0.124. The van der Waals surface area contributed by atoms with E-state index < -0.39 is 0 Å². The van der Waals surface area contributed by atoms with Crippen LogP contribution < -0.4 is 10.1 Å². The minimum absolute atomic E-state index is 0.0481. The maximum atomic E-state index is 12.1. The first-order valence-corrected chi connectivity index (χ1v) is 11.1. The van der Waals surface area contributed by atoms with Crippen molar-refractivity contribution in [2.75, 3.05) is 18.9 Å². The third-order valence-corrected chi connectivity index (χ3v) is 5.47. The van der Waals surface area contributed by atoms with E-state index in [1.165, 1.54) is 6.33 Å². The number of aromatic amines is 1. The zero-order valence-electron chi connectivity index (χ0n) is 20.0. The second-order valence-corrected chi connectivity index (χ2v) is 8.04. The largest absolute Gasteiger partial charge is 0.436 e. The molecule has 2 heterocycles. The Kier molecular flexibility index (Phi) is 6.73. The van der Waals surface area contributed by atoms with Crippen LogP contribution in [0.3, 0.4) is 0 Å². The summed E-state index contributed by atoms with van der Waals surface area (Å²) in [4.78, 5) is 30.0. The minimum Gasteiger partial charge on any atom is -0.436 e. The predicted molar refractivity (Wildman–Crippen MR) is 134 cm³/mol. The minimum atomic E-state index is -0.0481. The van der Waals surface area contributed by atoms with Crippen LogP contribution >= 0.6 is 0 Å². The molecule has 0 aliphatic rings. The Morgan fingerprint density at radius 1 is 1.20 bits per heavy atom. The van der Waals surface area contributed by atoms with Crippen LogP contribution in [-0.4, -0.2) is 44.3 Å². The molecule has 9 heteroatoms. The number of anilines is 2. The van der Waals surface area contributed by atoms with Gasteiger partial charge in [-0.2, -0.15) is 15.2 Å². The average molecular weight is 468 g/mol. The van der Waals surface area contributed by atoms with Gasteiger partial charge in [-0.05, 0) is 79.9 Å². The van der Waals surface area contributed by atoms with E-state index in [0.29, 0.717) is 40.8 Å². The van der Waals surface area contributed by atoms with Crippen LogP contribution in [0.2, 0.25) is 0 Å². The molecule has 1 amide bonds. The van der Waals surface area contributed by atoms with Crippen molar-refractivity contribution in [3.63, 3.8) is 0 Å². The van der Waals surface area contributed by atoms with Crippen LogP contribution in [-0.2, 0) is 4.79 Å². The number of nitrogens with zero attached hydrogens (tertiary/aromatic N) is 5. The first kappa shape index (κ1) is 23.4. The molecule has 35 heavy (non-hydrogen) atoms. The Labute approximate surface area is 203 Å². The number of imidazole rings is 1. The molecule has 0 fully saturated rings. The number of carbonyl (C=O) groups excluding carboxylic acids is 1. The number of benzene rings is 2. The van der Waals surface area contributed by atoms with Crippen molar-refractivity contribution in [1.82, 2.24) is 24.8 Å². The second kappa shape index (κ2) is 10.1. The van der Waals surface area contributed by atoms with E-state index in [1.54, 1.807) is 48.4 Å². The number of nitriles is 1. The monoisotopic (exact) mass is 467 g/mol. The van der Waals surface area contributed by atoms with E-state index in [4.69, 9.17) is 10.00 Å². The van der Waals surface area contributed by atoms with E-state index in [0.717, 1.165) is 22.4 Å². The number of aromatic nitrogens is 4. The van der Waals surface area contributed by atoms with Gasteiger partial charge in [0.2, 0.25) is 11.9 Å².